The number of nitrogens with zero attached hydrogens (tertiary/aromatic N) is 7. The summed E-state index contributed by atoms with van der Waals surface area (Å²) in [7, 11) is 0. The Bertz CT molecular complexity index is 837. The van der Waals surface area contributed by atoms with Gasteiger partial charge in [-0.3, -0.25) is 0 Å². The standard InChI is InChI=1S/C14H13N9/c1-2-11-9-23(22-17-11)13-5-3-12(4-6-13)16-8-10(7-15)14-18-20-21-19-14/h3-6,8-9,16H,2H2,1H3,(H,18,19,20,21). The number of nitriles is 1. The molecule has 2 N–H and O–H groups in total. The maximum Gasteiger partial charge on any atom is 0.216 e. The molecular formula is C14H13N9. The summed E-state index contributed by atoms with van der Waals surface area (Å²) in [5.74, 6) is 0.242. The van der Waals surface area contributed by atoms with Crippen LogP contribution in [0.15, 0.2) is 36.7 Å². The average molecular weight is 307 g/mol. The van der Waals surface area contributed by atoms with Crippen molar-refractivity contribution in [3.63, 3.8) is 0 Å². The van der Waals surface area contributed by atoms with Crippen LogP contribution in [0.25, 0.3) is 11.3 Å². The first-order valence-electron chi connectivity index (χ1n) is 6.92. The third-order valence-corrected chi connectivity index (χ3v) is 3.12. The monoisotopic (exact) mass is 307 g/mol. The third kappa shape index (κ3) is 3.21. The van der Waals surface area contributed by atoms with Gasteiger partial charge in [0.1, 0.15) is 11.6 Å². The van der Waals surface area contributed by atoms with Gasteiger partial charge in [0.25, 0.3) is 0 Å². The molecule has 0 saturated carbocycles. The minimum Gasteiger partial charge on any atom is -0.360 e. The average Bonchev–Trinajstić information content (AvgIpc) is 3.28. The number of hydrogen-bond acceptors (Lipinski definition) is 7. The molecule has 0 aliphatic carbocycles. The number of anilines is 1. The van der Waals surface area contributed by atoms with E-state index in [4.69, 9.17) is 5.26 Å². The summed E-state index contributed by atoms with van der Waals surface area (Å²) in [6.45, 7) is 2.03. The fourth-order valence-electron chi connectivity index (χ4n) is 1.88. The molecule has 0 amide bonds. The molecule has 23 heavy (non-hydrogen) atoms. The fraction of sp³-hybridized carbons (Fsp3) is 0.143. The van der Waals surface area contributed by atoms with Gasteiger partial charge in [-0.25, -0.2) is 4.68 Å². The molecule has 1 aromatic carbocycles. The molecule has 3 rings (SSSR count). The lowest BCUT2D eigenvalue weighted by Crippen LogP contribution is -1.96. The molecule has 0 atom stereocenters. The Labute approximate surface area is 131 Å². The van der Waals surface area contributed by atoms with Crippen LogP contribution < -0.4 is 5.32 Å². The van der Waals surface area contributed by atoms with Gasteiger partial charge in [-0.05, 0) is 35.9 Å². The van der Waals surface area contributed by atoms with Crippen LogP contribution in [0.4, 0.5) is 5.69 Å². The predicted octanol–water partition coefficient (Wildman–Crippen LogP) is 1.32. The molecule has 0 aliphatic heterocycles. The van der Waals surface area contributed by atoms with Crippen LogP contribution >= 0.6 is 0 Å². The van der Waals surface area contributed by atoms with Crippen molar-refractivity contribution < 1.29 is 0 Å². The van der Waals surface area contributed by atoms with Gasteiger partial charge < -0.3 is 5.32 Å². The molecule has 3 aromatic rings. The number of rotatable bonds is 5. The molecule has 9 heteroatoms. The Morgan fingerprint density at radius 1 is 1.35 bits per heavy atom. The Kier molecular flexibility index (Phi) is 4.06. The van der Waals surface area contributed by atoms with E-state index in [2.05, 4.69) is 36.3 Å². The van der Waals surface area contributed by atoms with Crippen LogP contribution in [0.1, 0.15) is 18.4 Å². The lowest BCUT2D eigenvalue weighted by atomic mass is 10.2. The first-order valence-corrected chi connectivity index (χ1v) is 6.92. The molecule has 0 fully saturated rings. The van der Waals surface area contributed by atoms with Crippen molar-refractivity contribution >= 4 is 11.3 Å². The number of nitrogens with one attached hydrogen (secondary N) is 2. The summed E-state index contributed by atoms with van der Waals surface area (Å²) in [6, 6.07) is 9.59. The summed E-state index contributed by atoms with van der Waals surface area (Å²) in [4.78, 5) is 0. The van der Waals surface area contributed by atoms with Gasteiger partial charge in [0.2, 0.25) is 5.82 Å². The summed E-state index contributed by atoms with van der Waals surface area (Å²) in [6.07, 6.45) is 4.27. The van der Waals surface area contributed by atoms with Crippen LogP contribution in [0.2, 0.25) is 0 Å². The highest BCUT2D eigenvalue weighted by Crippen LogP contribution is 2.14. The normalized spacial score (nSPS) is 11.2. The van der Waals surface area contributed by atoms with Crippen molar-refractivity contribution in [1.29, 1.82) is 5.26 Å². The number of benzene rings is 1. The van der Waals surface area contributed by atoms with Gasteiger partial charge in [-0.15, -0.1) is 15.3 Å². The second-order valence-corrected chi connectivity index (χ2v) is 4.60. The van der Waals surface area contributed by atoms with Gasteiger partial charge in [-0.1, -0.05) is 12.1 Å². The van der Waals surface area contributed by atoms with E-state index in [1.807, 2.05) is 43.5 Å². The maximum absolute atomic E-state index is 9.10. The van der Waals surface area contributed by atoms with Crippen molar-refractivity contribution in [2.75, 3.05) is 5.32 Å². The number of aryl methyl sites for hydroxylation is 1. The third-order valence-electron chi connectivity index (χ3n) is 3.12. The first kappa shape index (κ1) is 14.4. The Hall–Kier alpha value is -3.54. The zero-order valence-electron chi connectivity index (χ0n) is 12.3. The molecule has 2 heterocycles. The Morgan fingerprint density at radius 3 is 2.78 bits per heavy atom. The van der Waals surface area contributed by atoms with E-state index < -0.39 is 0 Å². The smallest absolute Gasteiger partial charge is 0.216 e. The molecule has 9 nitrogen and oxygen atoms in total. The van der Waals surface area contributed by atoms with E-state index in [0.29, 0.717) is 0 Å². The Morgan fingerprint density at radius 2 is 2.17 bits per heavy atom. The maximum atomic E-state index is 9.10. The minimum atomic E-state index is 0.242. The zero-order chi connectivity index (χ0) is 16.1. The van der Waals surface area contributed by atoms with Crippen LogP contribution in [-0.4, -0.2) is 35.6 Å². The molecule has 2 aromatic heterocycles. The topological polar surface area (TPSA) is 121 Å². The van der Waals surface area contributed by atoms with Crippen LogP contribution in [0.3, 0.4) is 0 Å². The molecule has 0 unspecified atom stereocenters. The number of aromatic nitrogens is 7. The Balaban J connectivity index is 1.74. The van der Waals surface area contributed by atoms with E-state index >= 15 is 0 Å². The van der Waals surface area contributed by atoms with Gasteiger partial charge >= 0.3 is 0 Å². The molecule has 0 aliphatic rings. The number of tetrazole rings is 1. The van der Waals surface area contributed by atoms with Crippen molar-refractivity contribution in [3.8, 4) is 11.8 Å². The van der Waals surface area contributed by atoms with Crippen molar-refractivity contribution in [1.82, 2.24) is 35.6 Å². The van der Waals surface area contributed by atoms with Crippen LogP contribution in [0.5, 0.6) is 0 Å². The molecular weight excluding hydrogens is 294 g/mol. The highest BCUT2D eigenvalue weighted by atomic mass is 15.5. The molecule has 0 radical (unpaired) electrons. The van der Waals surface area contributed by atoms with Crippen molar-refractivity contribution in [3.05, 3.63) is 48.2 Å². The predicted molar refractivity (Wildman–Crippen MR) is 82.1 cm³/mol. The number of aromatic amines is 1. The lowest BCUT2D eigenvalue weighted by molar-refractivity contribution is 0.798. The zero-order valence-corrected chi connectivity index (χ0v) is 12.3. The SMILES string of the molecule is CCc1cn(-c2ccc(NC=C(C#N)c3nn[nH]n3)cc2)nn1. The van der Waals surface area contributed by atoms with Gasteiger partial charge in [-0.2, -0.15) is 10.5 Å². The van der Waals surface area contributed by atoms with E-state index in [1.165, 1.54) is 6.20 Å². The minimum absolute atomic E-state index is 0.242. The highest BCUT2D eigenvalue weighted by Gasteiger charge is 2.05. The molecule has 0 bridgehead atoms. The van der Waals surface area contributed by atoms with E-state index in [0.717, 1.165) is 23.5 Å². The second kappa shape index (κ2) is 6.48. The number of hydrogen-bond donors (Lipinski definition) is 2. The summed E-state index contributed by atoms with van der Waals surface area (Å²) in [5.41, 5.74) is 2.95. The summed E-state index contributed by atoms with van der Waals surface area (Å²) >= 11 is 0. The summed E-state index contributed by atoms with van der Waals surface area (Å²) in [5, 5.41) is 33.5. The molecule has 0 spiro atoms. The molecule has 114 valence electrons. The first-order chi connectivity index (χ1) is 11.3. The van der Waals surface area contributed by atoms with E-state index in [1.54, 1.807) is 4.68 Å². The van der Waals surface area contributed by atoms with Crippen LogP contribution in [-0.2, 0) is 6.42 Å². The quantitative estimate of drug-likeness (QED) is 0.682. The fourth-order valence-corrected chi connectivity index (χ4v) is 1.88. The van der Waals surface area contributed by atoms with Gasteiger partial charge in [0, 0.05) is 11.9 Å². The summed E-state index contributed by atoms with van der Waals surface area (Å²) < 4.78 is 1.72. The lowest BCUT2D eigenvalue weighted by Gasteiger charge is -2.03. The van der Waals surface area contributed by atoms with Crippen molar-refractivity contribution in [2.45, 2.75) is 13.3 Å². The second-order valence-electron chi connectivity index (χ2n) is 4.60. The number of H-pyrrole nitrogens is 1. The van der Waals surface area contributed by atoms with Gasteiger partial charge in [0.15, 0.2) is 0 Å². The molecule has 0 saturated heterocycles. The number of allylic oxidation sites excluding steroid dienone is 1. The van der Waals surface area contributed by atoms with Crippen molar-refractivity contribution in [2.24, 2.45) is 0 Å². The van der Waals surface area contributed by atoms with Crippen LogP contribution in [0, 0.1) is 11.3 Å². The largest absolute Gasteiger partial charge is 0.360 e. The van der Waals surface area contributed by atoms with E-state index in [-0.39, 0.29) is 11.4 Å². The highest BCUT2D eigenvalue weighted by molar-refractivity contribution is 5.74. The van der Waals surface area contributed by atoms with Gasteiger partial charge in [0.05, 0.1) is 17.6 Å². The van der Waals surface area contributed by atoms with E-state index in [9.17, 15) is 0 Å².